The molecule has 1 aliphatic heterocycles. The molecule has 134 valence electrons. The molecule has 7 nitrogen and oxygen atoms in total. The number of aromatic nitrogens is 4. The topological polar surface area (TPSA) is 78.8 Å². The summed E-state index contributed by atoms with van der Waals surface area (Å²) in [6.45, 7) is 3.61. The quantitative estimate of drug-likeness (QED) is 0.741. The summed E-state index contributed by atoms with van der Waals surface area (Å²) in [5.74, 6) is 0.982. The Hall–Kier alpha value is -2.93. The lowest BCUT2D eigenvalue weighted by Crippen LogP contribution is -2.39. The second kappa shape index (κ2) is 7.13. The normalized spacial score (nSPS) is 17.5. The van der Waals surface area contributed by atoms with Crippen LogP contribution in [0.25, 0.3) is 5.69 Å². The minimum absolute atomic E-state index is 0.0496. The Kier molecular flexibility index (Phi) is 4.53. The number of aromatic amines is 1. The van der Waals surface area contributed by atoms with E-state index in [-0.39, 0.29) is 11.9 Å². The summed E-state index contributed by atoms with van der Waals surface area (Å²) in [4.78, 5) is 26.3. The van der Waals surface area contributed by atoms with Crippen LogP contribution in [0.4, 0.5) is 5.69 Å². The number of H-pyrrole nitrogens is 1. The Balaban J connectivity index is 1.41. The maximum atomic E-state index is 12.7. The van der Waals surface area contributed by atoms with Crippen molar-refractivity contribution in [2.45, 2.75) is 32.4 Å². The largest absolute Gasteiger partial charge is 0.347 e. The van der Waals surface area contributed by atoms with Gasteiger partial charge in [-0.2, -0.15) is 0 Å². The van der Waals surface area contributed by atoms with Gasteiger partial charge in [0.25, 0.3) is 0 Å². The van der Waals surface area contributed by atoms with E-state index >= 15 is 0 Å². The van der Waals surface area contributed by atoms with Crippen LogP contribution in [0.2, 0.25) is 0 Å². The fraction of sp³-hybridized carbons (Fsp3) is 0.316. The van der Waals surface area contributed by atoms with Crippen molar-refractivity contribution in [3.8, 4) is 5.69 Å². The zero-order chi connectivity index (χ0) is 17.9. The van der Waals surface area contributed by atoms with Gasteiger partial charge in [-0.25, -0.2) is 9.97 Å². The first kappa shape index (κ1) is 16.5. The Morgan fingerprint density at radius 1 is 1.35 bits per heavy atom. The third kappa shape index (κ3) is 3.39. The van der Waals surface area contributed by atoms with Crippen molar-refractivity contribution in [1.82, 2.24) is 24.4 Å². The lowest BCUT2D eigenvalue weighted by atomic mass is 10.2. The molecule has 2 aromatic heterocycles. The highest BCUT2D eigenvalue weighted by molar-refractivity contribution is 5.95. The van der Waals surface area contributed by atoms with E-state index in [1.54, 1.807) is 12.5 Å². The van der Waals surface area contributed by atoms with Crippen LogP contribution >= 0.6 is 0 Å². The van der Waals surface area contributed by atoms with Crippen LogP contribution in [0.3, 0.4) is 0 Å². The van der Waals surface area contributed by atoms with Crippen molar-refractivity contribution in [2.75, 3.05) is 11.9 Å². The monoisotopic (exact) mass is 350 g/mol. The number of carbonyl (C=O) groups is 1. The Bertz CT molecular complexity index is 868. The third-order valence-corrected chi connectivity index (χ3v) is 4.83. The van der Waals surface area contributed by atoms with Crippen molar-refractivity contribution >= 4 is 11.6 Å². The van der Waals surface area contributed by atoms with Crippen molar-refractivity contribution in [3.05, 3.63) is 60.7 Å². The van der Waals surface area contributed by atoms with E-state index in [2.05, 4.69) is 25.2 Å². The summed E-state index contributed by atoms with van der Waals surface area (Å²) in [6, 6.07) is 7.73. The molecule has 1 aliphatic rings. The van der Waals surface area contributed by atoms with Crippen LogP contribution in [0.5, 0.6) is 0 Å². The maximum Gasteiger partial charge on any atom is 0.241 e. The minimum Gasteiger partial charge on any atom is -0.347 e. The highest BCUT2D eigenvalue weighted by Gasteiger charge is 2.30. The SMILES string of the molecule is Cc1nccn1-c1ccc(NC(=O)C2CCCN2Cc2cnc[nH]2)cc1. The molecule has 1 aromatic carbocycles. The molecule has 0 saturated carbocycles. The van der Waals surface area contributed by atoms with Gasteiger partial charge in [-0.3, -0.25) is 9.69 Å². The number of imidazole rings is 2. The van der Waals surface area contributed by atoms with Crippen LogP contribution in [-0.4, -0.2) is 42.9 Å². The number of likely N-dealkylation sites (tertiary alicyclic amines) is 1. The second-order valence-corrected chi connectivity index (χ2v) is 6.59. The van der Waals surface area contributed by atoms with Gasteiger partial charge in [0.05, 0.1) is 12.4 Å². The van der Waals surface area contributed by atoms with Crippen molar-refractivity contribution < 1.29 is 4.79 Å². The van der Waals surface area contributed by atoms with Crippen molar-refractivity contribution in [3.63, 3.8) is 0 Å². The number of aryl methyl sites for hydroxylation is 1. The molecule has 7 heteroatoms. The number of benzene rings is 1. The van der Waals surface area contributed by atoms with Crippen LogP contribution in [0.1, 0.15) is 24.4 Å². The molecule has 1 unspecified atom stereocenters. The van der Waals surface area contributed by atoms with Gasteiger partial charge >= 0.3 is 0 Å². The molecule has 0 bridgehead atoms. The predicted octanol–water partition coefficient (Wildman–Crippen LogP) is 2.51. The Labute approximate surface area is 152 Å². The average Bonchev–Trinajstić information content (AvgIpc) is 3.38. The summed E-state index contributed by atoms with van der Waals surface area (Å²) in [5, 5.41) is 3.05. The highest BCUT2D eigenvalue weighted by atomic mass is 16.2. The molecule has 4 rings (SSSR count). The predicted molar refractivity (Wildman–Crippen MR) is 99.0 cm³/mol. The number of nitrogens with zero attached hydrogens (tertiary/aromatic N) is 4. The summed E-state index contributed by atoms with van der Waals surface area (Å²) in [7, 11) is 0. The van der Waals surface area contributed by atoms with Gasteiger partial charge in [-0.15, -0.1) is 0 Å². The smallest absolute Gasteiger partial charge is 0.241 e. The summed E-state index contributed by atoms with van der Waals surface area (Å²) >= 11 is 0. The number of hydrogen-bond donors (Lipinski definition) is 2. The number of hydrogen-bond acceptors (Lipinski definition) is 4. The van der Waals surface area contributed by atoms with Crippen LogP contribution in [0.15, 0.2) is 49.2 Å². The number of rotatable bonds is 5. The van der Waals surface area contributed by atoms with E-state index in [0.29, 0.717) is 0 Å². The van der Waals surface area contributed by atoms with Gasteiger partial charge in [-0.05, 0) is 50.6 Å². The molecule has 26 heavy (non-hydrogen) atoms. The molecule has 0 aliphatic carbocycles. The number of amides is 1. The summed E-state index contributed by atoms with van der Waals surface area (Å²) < 4.78 is 2.01. The molecule has 0 radical (unpaired) electrons. The van der Waals surface area contributed by atoms with Gasteiger partial charge in [0.2, 0.25) is 5.91 Å². The molecule has 2 N–H and O–H groups in total. The van der Waals surface area contributed by atoms with E-state index in [1.165, 1.54) is 0 Å². The van der Waals surface area contributed by atoms with Crippen LogP contribution in [0, 0.1) is 6.92 Å². The molecular weight excluding hydrogens is 328 g/mol. The summed E-state index contributed by atoms with van der Waals surface area (Å²) in [6.07, 6.45) is 9.10. The van der Waals surface area contributed by atoms with Gasteiger partial charge in [0.15, 0.2) is 0 Å². The van der Waals surface area contributed by atoms with Crippen molar-refractivity contribution in [2.24, 2.45) is 0 Å². The van der Waals surface area contributed by atoms with Gasteiger partial charge in [0, 0.05) is 42.2 Å². The zero-order valence-electron chi connectivity index (χ0n) is 14.7. The molecule has 3 aromatic rings. The van der Waals surface area contributed by atoms with E-state index < -0.39 is 0 Å². The standard InChI is InChI=1S/C19H22N6O/c1-14-21-8-10-25(14)17-6-4-15(5-7-17)23-19(26)18-3-2-9-24(18)12-16-11-20-13-22-16/h4-8,10-11,13,18H,2-3,9,12H2,1H3,(H,20,22)(H,23,26). The first-order valence-corrected chi connectivity index (χ1v) is 8.83. The van der Waals surface area contributed by atoms with Gasteiger partial charge in [-0.1, -0.05) is 0 Å². The molecule has 3 heterocycles. The van der Waals surface area contributed by atoms with E-state index in [4.69, 9.17) is 0 Å². The zero-order valence-corrected chi connectivity index (χ0v) is 14.7. The van der Waals surface area contributed by atoms with E-state index in [1.807, 2.05) is 48.1 Å². The molecular formula is C19H22N6O. The Morgan fingerprint density at radius 2 is 2.19 bits per heavy atom. The van der Waals surface area contributed by atoms with Crippen LogP contribution in [-0.2, 0) is 11.3 Å². The first-order valence-electron chi connectivity index (χ1n) is 8.83. The first-order chi connectivity index (χ1) is 12.7. The number of carbonyl (C=O) groups excluding carboxylic acids is 1. The summed E-state index contributed by atoms with van der Waals surface area (Å²) in [5.41, 5.74) is 2.87. The van der Waals surface area contributed by atoms with E-state index in [0.717, 1.165) is 48.8 Å². The van der Waals surface area contributed by atoms with Gasteiger partial charge < -0.3 is 14.9 Å². The molecule has 0 spiro atoms. The average molecular weight is 350 g/mol. The fourth-order valence-electron chi connectivity index (χ4n) is 3.48. The Morgan fingerprint density at radius 3 is 2.88 bits per heavy atom. The lowest BCUT2D eigenvalue weighted by molar-refractivity contribution is -0.120. The fourth-order valence-corrected chi connectivity index (χ4v) is 3.48. The molecule has 1 amide bonds. The van der Waals surface area contributed by atoms with Crippen molar-refractivity contribution in [1.29, 1.82) is 0 Å². The van der Waals surface area contributed by atoms with Gasteiger partial charge in [0.1, 0.15) is 5.82 Å². The molecule has 1 fully saturated rings. The molecule has 1 saturated heterocycles. The molecule has 1 atom stereocenters. The lowest BCUT2D eigenvalue weighted by Gasteiger charge is -2.23. The second-order valence-electron chi connectivity index (χ2n) is 6.59. The number of nitrogens with one attached hydrogen (secondary N) is 2. The van der Waals surface area contributed by atoms with E-state index in [9.17, 15) is 4.79 Å². The highest BCUT2D eigenvalue weighted by Crippen LogP contribution is 2.22. The van der Waals surface area contributed by atoms with Crippen LogP contribution < -0.4 is 5.32 Å². The maximum absolute atomic E-state index is 12.7. The third-order valence-electron chi connectivity index (χ3n) is 4.83. The number of anilines is 1. The minimum atomic E-state index is -0.103.